The van der Waals surface area contributed by atoms with Crippen molar-refractivity contribution in [1.29, 1.82) is 0 Å². The molecule has 0 bridgehead atoms. The molecule has 0 amide bonds. The first-order valence-corrected chi connectivity index (χ1v) is 8.87. The van der Waals surface area contributed by atoms with Crippen molar-refractivity contribution >= 4 is 0 Å². The van der Waals surface area contributed by atoms with E-state index in [0.717, 1.165) is 28.2 Å². The van der Waals surface area contributed by atoms with Gasteiger partial charge in [-0.15, -0.1) is 0 Å². The van der Waals surface area contributed by atoms with Crippen LogP contribution in [0.25, 0.3) is 34.2 Å². The molecule has 0 unspecified atom stereocenters. The van der Waals surface area contributed by atoms with E-state index in [1.807, 2.05) is 78.9 Å². The van der Waals surface area contributed by atoms with Crippen LogP contribution in [0.2, 0.25) is 0 Å². The summed E-state index contributed by atoms with van der Waals surface area (Å²) in [5, 5.41) is 0. The van der Waals surface area contributed by atoms with Crippen LogP contribution in [0, 0.1) is 0 Å². The lowest BCUT2D eigenvalue weighted by atomic mass is 10.1. The zero-order chi connectivity index (χ0) is 19.3. The van der Waals surface area contributed by atoms with Crippen molar-refractivity contribution in [2.24, 2.45) is 0 Å². The van der Waals surface area contributed by atoms with E-state index in [2.05, 4.69) is 0 Å². The average Bonchev–Trinajstić information content (AvgIpc) is 2.79. The second-order valence-corrected chi connectivity index (χ2v) is 6.13. The summed E-state index contributed by atoms with van der Waals surface area (Å²) in [6.45, 7) is 0. The highest BCUT2D eigenvalue weighted by Crippen LogP contribution is 2.27. The molecule has 5 heteroatoms. The molecule has 1 heterocycles. The van der Waals surface area contributed by atoms with Crippen LogP contribution in [-0.4, -0.2) is 29.2 Å². The standard InChI is InChI=1S/C23H19N3O2/c1-27-19-13-11-17(12-14-19)22-24-21(16-7-4-3-5-8-16)25-23(26-22)18-9-6-10-20(15-18)28-2/h3-15H,1-2H3. The number of nitrogens with zero attached hydrogens (tertiary/aromatic N) is 3. The summed E-state index contributed by atoms with van der Waals surface area (Å²) in [4.78, 5) is 14.1. The van der Waals surface area contributed by atoms with Gasteiger partial charge in [-0.3, -0.25) is 0 Å². The minimum Gasteiger partial charge on any atom is -0.497 e. The molecule has 5 nitrogen and oxygen atoms in total. The number of hydrogen-bond acceptors (Lipinski definition) is 5. The number of aromatic nitrogens is 3. The molecule has 138 valence electrons. The fourth-order valence-corrected chi connectivity index (χ4v) is 2.85. The highest BCUT2D eigenvalue weighted by atomic mass is 16.5. The Morgan fingerprint density at radius 2 is 1.04 bits per heavy atom. The molecule has 0 saturated carbocycles. The van der Waals surface area contributed by atoms with E-state index in [-0.39, 0.29) is 0 Å². The van der Waals surface area contributed by atoms with Gasteiger partial charge in [-0.1, -0.05) is 42.5 Å². The van der Waals surface area contributed by atoms with Crippen LogP contribution in [-0.2, 0) is 0 Å². The largest absolute Gasteiger partial charge is 0.497 e. The van der Waals surface area contributed by atoms with Gasteiger partial charge in [-0.25, -0.2) is 15.0 Å². The van der Waals surface area contributed by atoms with Gasteiger partial charge in [0.05, 0.1) is 14.2 Å². The maximum absolute atomic E-state index is 5.35. The van der Waals surface area contributed by atoms with Crippen molar-refractivity contribution in [2.45, 2.75) is 0 Å². The number of methoxy groups -OCH3 is 2. The fourth-order valence-electron chi connectivity index (χ4n) is 2.85. The van der Waals surface area contributed by atoms with Crippen LogP contribution in [0.4, 0.5) is 0 Å². The number of benzene rings is 3. The lowest BCUT2D eigenvalue weighted by Crippen LogP contribution is -2.00. The Morgan fingerprint density at radius 3 is 1.64 bits per heavy atom. The van der Waals surface area contributed by atoms with Crippen molar-refractivity contribution < 1.29 is 9.47 Å². The Hall–Kier alpha value is -3.73. The molecule has 0 atom stereocenters. The number of ether oxygens (including phenoxy) is 2. The number of rotatable bonds is 5. The van der Waals surface area contributed by atoms with E-state index in [1.54, 1.807) is 14.2 Å². The first-order valence-electron chi connectivity index (χ1n) is 8.87. The SMILES string of the molecule is COc1ccc(-c2nc(-c3ccccc3)nc(-c3cccc(OC)c3)n2)cc1. The van der Waals surface area contributed by atoms with Gasteiger partial charge in [-0.2, -0.15) is 0 Å². The van der Waals surface area contributed by atoms with E-state index in [1.165, 1.54) is 0 Å². The average molecular weight is 369 g/mol. The van der Waals surface area contributed by atoms with Crippen LogP contribution >= 0.6 is 0 Å². The Balaban J connectivity index is 1.87. The Labute approximate surface area is 163 Å². The van der Waals surface area contributed by atoms with Crippen LogP contribution in [0.5, 0.6) is 11.5 Å². The minimum absolute atomic E-state index is 0.596. The summed E-state index contributed by atoms with van der Waals surface area (Å²) >= 11 is 0. The van der Waals surface area contributed by atoms with Gasteiger partial charge in [0.2, 0.25) is 0 Å². The van der Waals surface area contributed by atoms with Crippen LogP contribution in [0.15, 0.2) is 78.9 Å². The zero-order valence-corrected chi connectivity index (χ0v) is 15.7. The van der Waals surface area contributed by atoms with Gasteiger partial charge in [0.15, 0.2) is 17.5 Å². The molecule has 0 aliphatic rings. The van der Waals surface area contributed by atoms with E-state index < -0.39 is 0 Å². The third kappa shape index (κ3) is 3.69. The molecular weight excluding hydrogens is 350 g/mol. The summed E-state index contributed by atoms with van der Waals surface area (Å²) in [5.74, 6) is 3.37. The van der Waals surface area contributed by atoms with Gasteiger partial charge in [0, 0.05) is 16.7 Å². The smallest absolute Gasteiger partial charge is 0.164 e. The summed E-state index contributed by atoms with van der Waals surface area (Å²) in [6.07, 6.45) is 0. The fraction of sp³-hybridized carbons (Fsp3) is 0.0870. The van der Waals surface area contributed by atoms with Crippen molar-refractivity contribution in [3.8, 4) is 45.7 Å². The summed E-state index contributed by atoms with van der Waals surface area (Å²) < 4.78 is 10.6. The molecule has 4 rings (SSSR count). The molecule has 0 radical (unpaired) electrons. The molecule has 0 N–H and O–H groups in total. The molecule has 0 spiro atoms. The third-order valence-electron chi connectivity index (χ3n) is 4.34. The van der Waals surface area contributed by atoms with E-state index in [4.69, 9.17) is 24.4 Å². The van der Waals surface area contributed by atoms with Crippen LogP contribution in [0.1, 0.15) is 0 Å². The first-order chi connectivity index (χ1) is 13.8. The molecule has 3 aromatic carbocycles. The molecular formula is C23H19N3O2. The maximum atomic E-state index is 5.35. The van der Waals surface area contributed by atoms with Crippen LogP contribution in [0.3, 0.4) is 0 Å². The minimum atomic E-state index is 0.596. The van der Waals surface area contributed by atoms with E-state index in [9.17, 15) is 0 Å². The zero-order valence-electron chi connectivity index (χ0n) is 15.7. The lowest BCUT2D eigenvalue weighted by molar-refractivity contribution is 0.415. The van der Waals surface area contributed by atoms with Gasteiger partial charge in [0.1, 0.15) is 11.5 Å². The molecule has 0 aliphatic heterocycles. The monoisotopic (exact) mass is 369 g/mol. The molecule has 0 fully saturated rings. The third-order valence-corrected chi connectivity index (χ3v) is 4.34. The molecule has 0 aliphatic carbocycles. The second-order valence-electron chi connectivity index (χ2n) is 6.13. The molecule has 4 aromatic rings. The lowest BCUT2D eigenvalue weighted by Gasteiger charge is -2.09. The van der Waals surface area contributed by atoms with Gasteiger partial charge in [-0.05, 0) is 36.4 Å². The molecule has 0 saturated heterocycles. The van der Waals surface area contributed by atoms with E-state index in [0.29, 0.717) is 17.5 Å². The second kappa shape index (κ2) is 7.88. The Kier molecular flexibility index (Phi) is 4.97. The topological polar surface area (TPSA) is 57.1 Å². The summed E-state index contributed by atoms with van der Waals surface area (Å²) in [5.41, 5.74) is 2.70. The molecule has 1 aromatic heterocycles. The van der Waals surface area contributed by atoms with Gasteiger partial charge < -0.3 is 9.47 Å². The van der Waals surface area contributed by atoms with E-state index >= 15 is 0 Å². The van der Waals surface area contributed by atoms with Crippen molar-refractivity contribution in [3.63, 3.8) is 0 Å². The van der Waals surface area contributed by atoms with Crippen LogP contribution < -0.4 is 9.47 Å². The predicted molar refractivity (Wildman–Crippen MR) is 109 cm³/mol. The normalized spacial score (nSPS) is 10.5. The highest BCUT2D eigenvalue weighted by molar-refractivity contribution is 5.67. The Bertz CT molecular complexity index is 1080. The van der Waals surface area contributed by atoms with Crippen molar-refractivity contribution in [2.75, 3.05) is 14.2 Å². The quantitative estimate of drug-likeness (QED) is 0.501. The summed E-state index contributed by atoms with van der Waals surface area (Å²) in [6, 6.07) is 25.3. The predicted octanol–water partition coefficient (Wildman–Crippen LogP) is 4.89. The van der Waals surface area contributed by atoms with Gasteiger partial charge in [0.25, 0.3) is 0 Å². The van der Waals surface area contributed by atoms with Gasteiger partial charge >= 0.3 is 0 Å². The highest BCUT2D eigenvalue weighted by Gasteiger charge is 2.12. The Morgan fingerprint density at radius 1 is 0.500 bits per heavy atom. The van der Waals surface area contributed by atoms with Crippen molar-refractivity contribution in [3.05, 3.63) is 78.9 Å². The summed E-state index contributed by atoms with van der Waals surface area (Å²) in [7, 11) is 3.29. The molecule has 28 heavy (non-hydrogen) atoms. The first kappa shape index (κ1) is 17.7. The maximum Gasteiger partial charge on any atom is 0.164 e. The van der Waals surface area contributed by atoms with Crippen molar-refractivity contribution in [1.82, 2.24) is 15.0 Å². The number of hydrogen-bond donors (Lipinski definition) is 0.